The molecule has 1 aliphatic carbocycles. The smallest absolute Gasteiger partial charge is 0.173 e. The second-order valence-corrected chi connectivity index (χ2v) is 10.6. The number of aliphatic hydroxyl groups excluding tert-OH is 2. The molecule has 0 bridgehead atoms. The van der Waals surface area contributed by atoms with Crippen LogP contribution in [0.4, 0.5) is 11.4 Å². The molecule has 3 unspecified atom stereocenters. The molecule has 2 heterocycles. The van der Waals surface area contributed by atoms with Gasteiger partial charge in [-0.15, -0.1) is 0 Å². The molecular weight excluding hydrogens is 400 g/mol. The summed E-state index contributed by atoms with van der Waals surface area (Å²) in [6, 6.07) is 16.0. The van der Waals surface area contributed by atoms with Gasteiger partial charge in [0.1, 0.15) is 6.10 Å². The van der Waals surface area contributed by atoms with Gasteiger partial charge in [-0.25, -0.2) is 0 Å². The third-order valence-electron chi connectivity index (χ3n) is 8.17. The zero-order valence-electron chi connectivity index (χ0n) is 19.6. The molecule has 4 atom stereocenters. The fourth-order valence-corrected chi connectivity index (χ4v) is 6.77. The highest BCUT2D eigenvalue weighted by molar-refractivity contribution is 5.95. The summed E-state index contributed by atoms with van der Waals surface area (Å²) in [6.07, 6.45) is -2.36. The average molecular weight is 433 g/mol. The summed E-state index contributed by atoms with van der Waals surface area (Å²) in [7, 11) is 3.94. The monoisotopic (exact) mass is 432 g/mol. The number of benzene rings is 2. The van der Waals surface area contributed by atoms with E-state index in [0.29, 0.717) is 5.57 Å². The number of hydrogen-bond acceptors (Lipinski definition) is 5. The molecular formula is C27H32N2O3. The number of anilines is 2. The predicted octanol–water partition coefficient (Wildman–Crippen LogP) is 3.39. The Morgan fingerprint density at radius 2 is 1.41 bits per heavy atom. The maximum atomic E-state index is 13.6. The van der Waals surface area contributed by atoms with E-state index in [1.54, 1.807) is 0 Å². The van der Waals surface area contributed by atoms with Crippen molar-refractivity contribution < 1.29 is 15.0 Å². The van der Waals surface area contributed by atoms with Gasteiger partial charge in [0.25, 0.3) is 0 Å². The molecule has 2 aromatic rings. The number of hydrogen-bond donors (Lipinski definition) is 2. The van der Waals surface area contributed by atoms with E-state index in [-0.39, 0.29) is 17.2 Å². The quantitative estimate of drug-likeness (QED) is 0.723. The van der Waals surface area contributed by atoms with Gasteiger partial charge in [0.15, 0.2) is 5.78 Å². The van der Waals surface area contributed by atoms with Crippen molar-refractivity contribution in [2.75, 3.05) is 23.9 Å². The highest BCUT2D eigenvalue weighted by Gasteiger charge is 2.59. The van der Waals surface area contributed by atoms with Crippen LogP contribution in [0.15, 0.2) is 59.8 Å². The second-order valence-electron chi connectivity index (χ2n) is 10.6. The van der Waals surface area contributed by atoms with Crippen LogP contribution < -0.4 is 9.80 Å². The molecule has 2 N–H and O–H groups in total. The van der Waals surface area contributed by atoms with E-state index in [4.69, 9.17) is 0 Å². The second kappa shape index (κ2) is 6.69. The summed E-state index contributed by atoms with van der Waals surface area (Å²) in [6.45, 7) is 8.44. The molecule has 0 aromatic heterocycles. The molecule has 1 fully saturated rings. The number of aliphatic hydroxyl groups is 2. The predicted molar refractivity (Wildman–Crippen MR) is 127 cm³/mol. The number of rotatable bonds is 1. The lowest BCUT2D eigenvalue weighted by atomic mass is 9.73. The number of nitrogens with zero attached hydrogens (tertiary/aromatic N) is 2. The van der Waals surface area contributed by atoms with Crippen LogP contribution in [0.2, 0.25) is 0 Å². The van der Waals surface area contributed by atoms with Crippen LogP contribution in [0.25, 0.3) is 0 Å². The Kier molecular flexibility index (Phi) is 4.44. The molecule has 2 aromatic carbocycles. The van der Waals surface area contributed by atoms with E-state index < -0.39 is 23.5 Å². The first-order chi connectivity index (χ1) is 15.0. The summed E-state index contributed by atoms with van der Waals surface area (Å²) < 4.78 is 0. The molecule has 3 aliphatic rings. The molecule has 32 heavy (non-hydrogen) atoms. The minimum atomic E-state index is -1.31. The van der Waals surface area contributed by atoms with Gasteiger partial charge < -0.3 is 20.0 Å². The molecule has 0 saturated heterocycles. The Hall–Kier alpha value is -2.63. The number of carbonyl (C=O) groups is 1. The molecule has 1 saturated carbocycles. The summed E-state index contributed by atoms with van der Waals surface area (Å²) in [5, 5.41) is 22.9. The van der Waals surface area contributed by atoms with Crippen molar-refractivity contribution in [1.29, 1.82) is 0 Å². The fourth-order valence-electron chi connectivity index (χ4n) is 6.77. The van der Waals surface area contributed by atoms with Crippen molar-refractivity contribution >= 4 is 17.2 Å². The van der Waals surface area contributed by atoms with Gasteiger partial charge in [0.05, 0.1) is 18.1 Å². The molecule has 0 amide bonds. The van der Waals surface area contributed by atoms with Crippen molar-refractivity contribution in [1.82, 2.24) is 0 Å². The molecule has 0 spiro atoms. The standard InChI is InChI=1S/C27H32N2O3/c1-26(2)15-11-7-9-13-17(15)28(5)24(26)19-21(30)20(23(32)22(19)31)25-27(3,4)16-12-8-10-14-18(16)29(25)6/h7-14,19,21,23-24,30,32H,1-6H3/b25-20-/t19?,21?,23?,24-/m0/s1. The fraction of sp³-hybridized carbons (Fsp3) is 0.444. The number of likely N-dealkylation sites (N-methyl/N-ethyl adjacent to an activating group) is 2. The Labute approximate surface area is 190 Å². The Balaban J connectivity index is 1.64. The van der Waals surface area contributed by atoms with Crippen LogP contribution >= 0.6 is 0 Å². The van der Waals surface area contributed by atoms with Gasteiger partial charge in [-0.1, -0.05) is 64.1 Å². The van der Waals surface area contributed by atoms with E-state index in [1.807, 2.05) is 49.3 Å². The highest BCUT2D eigenvalue weighted by Crippen LogP contribution is 2.54. The molecule has 0 radical (unpaired) electrons. The number of allylic oxidation sites excluding steroid dienone is 1. The Bertz CT molecular complexity index is 1150. The number of Topliss-reactive ketones (excluding diaryl/α,β-unsaturated/α-hetero) is 1. The van der Waals surface area contributed by atoms with Crippen LogP contribution in [-0.4, -0.2) is 48.3 Å². The molecule has 5 heteroatoms. The van der Waals surface area contributed by atoms with E-state index in [0.717, 1.165) is 28.2 Å². The van der Waals surface area contributed by atoms with E-state index in [9.17, 15) is 15.0 Å². The van der Waals surface area contributed by atoms with Gasteiger partial charge in [0.2, 0.25) is 0 Å². The van der Waals surface area contributed by atoms with Crippen molar-refractivity contribution in [3.05, 3.63) is 70.9 Å². The number of carbonyl (C=O) groups excluding carboxylic acids is 1. The zero-order chi connectivity index (χ0) is 23.2. The van der Waals surface area contributed by atoms with Gasteiger partial charge in [-0.3, -0.25) is 4.79 Å². The van der Waals surface area contributed by atoms with Crippen molar-refractivity contribution in [2.24, 2.45) is 5.92 Å². The minimum absolute atomic E-state index is 0.257. The van der Waals surface area contributed by atoms with Gasteiger partial charge in [-0.2, -0.15) is 0 Å². The van der Waals surface area contributed by atoms with Crippen LogP contribution in [-0.2, 0) is 15.6 Å². The number of para-hydroxylation sites is 2. The van der Waals surface area contributed by atoms with Crippen molar-refractivity contribution in [3.8, 4) is 0 Å². The SMILES string of the molecule is CN1/C(=C2\C(O)C(=O)C([C@@H]3N(C)c4ccccc4C3(C)C)C2O)C(C)(C)c2ccccc21. The van der Waals surface area contributed by atoms with Crippen LogP contribution in [0, 0.1) is 5.92 Å². The summed E-state index contributed by atoms with van der Waals surface area (Å²) in [5.74, 6) is -1.01. The normalized spacial score (nSPS) is 32.4. The molecule has 5 nitrogen and oxygen atoms in total. The summed E-state index contributed by atoms with van der Waals surface area (Å²) in [4.78, 5) is 17.7. The Morgan fingerprint density at radius 3 is 2.00 bits per heavy atom. The first-order valence-corrected chi connectivity index (χ1v) is 11.3. The van der Waals surface area contributed by atoms with Crippen molar-refractivity contribution in [2.45, 2.75) is 56.8 Å². The molecule has 168 valence electrons. The van der Waals surface area contributed by atoms with Crippen LogP contribution in [0.5, 0.6) is 0 Å². The lowest BCUT2D eigenvalue weighted by molar-refractivity contribution is -0.128. The van der Waals surface area contributed by atoms with Crippen LogP contribution in [0.3, 0.4) is 0 Å². The zero-order valence-corrected chi connectivity index (χ0v) is 19.6. The average Bonchev–Trinajstić information content (AvgIpc) is 3.18. The van der Waals surface area contributed by atoms with Gasteiger partial charge in [0, 0.05) is 47.6 Å². The lowest BCUT2D eigenvalue weighted by Gasteiger charge is -2.37. The van der Waals surface area contributed by atoms with E-state index >= 15 is 0 Å². The van der Waals surface area contributed by atoms with Crippen molar-refractivity contribution in [3.63, 3.8) is 0 Å². The largest absolute Gasteiger partial charge is 0.388 e. The third kappa shape index (κ3) is 2.49. The van der Waals surface area contributed by atoms with E-state index in [1.165, 1.54) is 0 Å². The maximum Gasteiger partial charge on any atom is 0.173 e. The highest BCUT2D eigenvalue weighted by atomic mass is 16.3. The third-order valence-corrected chi connectivity index (χ3v) is 8.17. The number of ketones is 1. The van der Waals surface area contributed by atoms with Gasteiger partial charge in [-0.05, 0) is 23.3 Å². The summed E-state index contributed by atoms with van der Waals surface area (Å²) in [5.41, 5.74) is 4.89. The van der Waals surface area contributed by atoms with Gasteiger partial charge >= 0.3 is 0 Å². The molecule has 2 aliphatic heterocycles. The van der Waals surface area contributed by atoms with E-state index in [2.05, 4.69) is 50.8 Å². The maximum absolute atomic E-state index is 13.6. The first-order valence-electron chi connectivity index (χ1n) is 11.3. The summed E-state index contributed by atoms with van der Waals surface area (Å²) >= 11 is 0. The Morgan fingerprint density at radius 1 is 0.844 bits per heavy atom. The topological polar surface area (TPSA) is 64.0 Å². The molecule has 5 rings (SSSR count). The lowest BCUT2D eigenvalue weighted by Crippen LogP contribution is -2.50. The first kappa shape index (κ1) is 21.2. The minimum Gasteiger partial charge on any atom is -0.388 e. The number of fused-ring (bicyclic) bond motifs is 2. The van der Waals surface area contributed by atoms with Crippen LogP contribution in [0.1, 0.15) is 38.8 Å².